The van der Waals surface area contributed by atoms with Gasteiger partial charge in [0.05, 0.1) is 13.7 Å². The number of carbonyl (C=O) groups is 2. The number of carbonyl (C=O) groups excluding carboxylic acids is 2. The zero-order valence-electron chi connectivity index (χ0n) is 14.7. The van der Waals surface area contributed by atoms with Gasteiger partial charge in [-0.2, -0.15) is 0 Å². The number of alkyl carbamates (subject to hydrolysis) is 1. The van der Waals surface area contributed by atoms with Crippen LogP contribution in [0.2, 0.25) is 0 Å². The first-order valence-electron chi connectivity index (χ1n) is 8.03. The molecule has 0 aliphatic heterocycles. The number of amides is 2. The molecule has 0 fully saturated rings. The van der Waals surface area contributed by atoms with E-state index in [2.05, 4.69) is 67.3 Å². The van der Waals surface area contributed by atoms with Gasteiger partial charge < -0.3 is 10.1 Å². The van der Waals surface area contributed by atoms with Gasteiger partial charge in [-0.25, -0.2) is 4.79 Å². The minimum atomic E-state index is -0.740. The van der Waals surface area contributed by atoms with Crippen LogP contribution in [0, 0.1) is 11.8 Å². The van der Waals surface area contributed by atoms with Crippen LogP contribution in [0.1, 0.15) is 44.9 Å². The Morgan fingerprint density at radius 2 is 1.70 bits per heavy atom. The fourth-order valence-corrected chi connectivity index (χ4v) is 2.48. The number of rotatable bonds is 7. The molecule has 0 aliphatic carbocycles. The van der Waals surface area contributed by atoms with Crippen molar-refractivity contribution in [2.45, 2.75) is 40.2 Å². The van der Waals surface area contributed by atoms with Crippen molar-refractivity contribution in [3.8, 4) is 0 Å². The maximum absolute atomic E-state index is 11.7. The summed E-state index contributed by atoms with van der Waals surface area (Å²) in [5.41, 5.74) is 2.45. The second-order valence-electron chi connectivity index (χ2n) is 6.48. The zero-order chi connectivity index (χ0) is 17.4. The number of benzene rings is 1. The van der Waals surface area contributed by atoms with E-state index >= 15 is 0 Å². The summed E-state index contributed by atoms with van der Waals surface area (Å²) in [6.07, 6.45) is 0.317. The number of nitrogens with one attached hydrogen (secondary N) is 2. The Bertz CT molecular complexity index is 510. The second kappa shape index (κ2) is 9.30. The van der Waals surface area contributed by atoms with Gasteiger partial charge in [-0.05, 0) is 29.4 Å². The minimum absolute atomic E-state index is 0.0477. The number of ether oxygens (including phenoxy) is 1. The average molecular weight is 320 g/mol. The highest BCUT2D eigenvalue weighted by Gasteiger charge is 2.17. The van der Waals surface area contributed by atoms with Crippen LogP contribution in [0.25, 0.3) is 0 Å². The van der Waals surface area contributed by atoms with E-state index in [9.17, 15) is 9.59 Å². The van der Waals surface area contributed by atoms with Gasteiger partial charge in [0.15, 0.2) is 0 Å². The predicted octanol–water partition coefficient (Wildman–Crippen LogP) is 3.05. The molecule has 23 heavy (non-hydrogen) atoms. The molecule has 1 aromatic carbocycles. The molecule has 0 heterocycles. The van der Waals surface area contributed by atoms with Crippen LogP contribution in [0.5, 0.6) is 0 Å². The minimum Gasteiger partial charge on any atom is -0.453 e. The molecule has 0 saturated heterocycles. The van der Waals surface area contributed by atoms with Crippen molar-refractivity contribution in [2.75, 3.05) is 13.7 Å². The maximum atomic E-state index is 11.7. The average Bonchev–Trinajstić information content (AvgIpc) is 2.48. The molecular weight excluding hydrogens is 292 g/mol. The molecule has 0 unspecified atom stereocenters. The lowest BCUT2D eigenvalue weighted by Gasteiger charge is -2.23. The van der Waals surface area contributed by atoms with E-state index in [1.54, 1.807) is 0 Å². The van der Waals surface area contributed by atoms with Gasteiger partial charge in [0.2, 0.25) is 5.91 Å². The quantitative estimate of drug-likeness (QED) is 0.810. The molecule has 1 rings (SSSR count). The lowest BCUT2D eigenvalue weighted by atomic mass is 9.94. The standard InChI is InChI=1S/C18H28N2O3/c1-12(2)10-14-6-8-15(9-7-14)17(13(3)4)19-11-16(21)20-18(22)23-5/h6-9,12-13,17,19H,10-11H2,1-5H3,(H,20,21,22)/t17-/m1/s1. The van der Waals surface area contributed by atoms with Crippen molar-refractivity contribution in [3.05, 3.63) is 35.4 Å². The van der Waals surface area contributed by atoms with Crippen molar-refractivity contribution in [2.24, 2.45) is 11.8 Å². The Balaban J connectivity index is 2.67. The predicted molar refractivity (Wildman–Crippen MR) is 91.1 cm³/mol. The Labute approximate surface area is 138 Å². The van der Waals surface area contributed by atoms with Crippen molar-refractivity contribution in [1.29, 1.82) is 0 Å². The third-order valence-electron chi connectivity index (χ3n) is 3.56. The molecule has 5 heteroatoms. The maximum Gasteiger partial charge on any atom is 0.413 e. The summed E-state index contributed by atoms with van der Waals surface area (Å²) in [6, 6.07) is 8.54. The van der Waals surface area contributed by atoms with Crippen LogP contribution >= 0.6 is 0 Å². The number of imide groups is 1. The van der Waals surface area contributed by atoms with Crippen LogP contribution < -0.4 is 10.6 Å². The second-order valence-corrected chi connectivity index (χ2v) is 6.48. The van der Waals surface area contributed by atoms with Gasteiger partial charge in [0.25, 0.3) is 0 Å². The topological polar surface area (TPSA) is 67.4 Å². The van der Waals surface area contributed by atoms with Gasteiger partial charge >= 0.3 is 6.09 Å². The van der Waals surface area contributed by atoms with Crippen molar-refractivity contribution < 1.29 is 14.3 Å². The van der Waals surface area contributed by atoms with Gasteiger partial charge in [-0.15, -0.1) is 0 Å². The fraction of sp³-hybridized carbons (Fsp3) is 0.556. The molecule has 5 nitrogen and oxygen atoms in total. The highest BCUT2D eigenvalue weighted by molar-refractivity contribution is 5.92. The summed E-state index contributed by atoms with van der Waals surface area (Å²) in [5.74, 6) is 0.540. The van der Waals surface area contributed by atoms with Gasteiger partial charge in [0.1, 0.15) is 0 Å². The SMILES string of the molecule is COC(=O)NC(=O)CN[C@@H](c1ccc(CC(C)C)cc1)C(C)C. The van der Waals surface area contributed by atoms with E-state index in [-0.39, 0.29) is 12.6 Å². The van der Waals surface area contributed by atoms with E-state index < -0.39 is 12.0 Å². The Kier molecular flexibility index (Phi) is 7.75. The molecule has 0 aromatic heterocycles. The summed E-state index contributed by atoms with van der Waals surface area (Å²) >= 11 is 0. The smallest absolute Gasteiger partial charge is 0.413 e. The molecule has 0 radical (unpaired) electrons. The largest absolute Gasteiger partial charge is 0.453 e. The Morgan fingerprint density at radius 1 is 1.09 bits per heavy atom. The first kappa shape index (κ1) is 19.2. The van der Waals surface area contributed by atoms with Crippen LogP contribution in [-0.2, 0) is 16.0 Å². The summed E-state index contributed by atoms with van der Waals surface area (Å²) in [6.45, 7) is 8.65. The van der Waals surface area contributed by atoms with Crippen LogP contribution in [0.15, 0.2) is 24.3 Å². The van der Waals surface area contributed by atoms with Gasteiger partial charge in [0, 0.05) is 6.04 Å². The van der Waals surface area contributed by atoms with Crippen LogP contribution in [-0.4, -0.2) is 25.7 Å². The van der Waals surface area contributed by atoms with Crippen LogP contribution in [0.4, 0.5) is 4.79 Å². The molecule has 0 aliphatic rings. The van der Waals surface area contributed by atoms with Crippen LogP contribution in [0.3, 0.4) is 0 Å². The number of hydrogen-bond donors (Lipinski definition) is 2. The number of hydrogen-bond acceptors (Lipinski definition) is 4. The van der Waals surface area contributed by atoms with Crippen molar-refractivity contribution >= 4 is 12.0 Å². The molecule has 1 aromatic rings. The third kappa shape index (κ3) is 6.82. The van der Waals surface area contributed by atoms with Gasteiger partial charge in [-0.1, -0.05) is 52.0 Å². The fourth-order valence-electron chi connectivity index (χ4n) is 2.48. The van der Waals surface area contributed by atoms with E-state index in [0.717, 1.165) is 12.0 Å². The molecular formula is C18H28N2O3. The monoisotopic (exact) mass is 320 g/mol. The number of methoxy groups -OCH3 is 1. The summed E-state index contributed by atoms with van der Waals surface area (Å²) in [7, 11) is 1.23. The molecule has 1 atom stereocenters. The van der Waals surface area contributed by atoms with E-state index in [4.69, 9.17) is 0 Å². The van der Waals surface area contributed by atoms with E-state index in [1.807, 2.05) is 0 Å². The summed E-state index contributed by atoms with van der Waals surface area (Å²) in [5, 5.41) is 5.35. The van der Waals surface area contributed by atoms with E-state index in [1.165, 1.54) is 12.7 Å². The molecule has 128 valence electrons. The zero-order valence-corrected chi connectivity index (χ0v) is 14.7. The molecule has 2 amide bonds. The lowest BCUT2D eigenvalue weighted by molar-refractivity contribution is -0.119. The third-order valence-corrected chi connectivity index (χ3v) is 3.56. The van der Waals surface area contributed by atoms with E-state index in [0.29, 0.717) is 11.8 Å². The normalized spacial score (nSPS) is 12.3. The molecule has 0 spiro atoms. The first-order chi connectivity index (χ1) is 10.8. The highest BCUT2D eigenvalue weighted by atomic mass is 16.5. The van der Waals surface area contributed by atoms with Crippen molar-refractivity contribution in [3.63, 3.8) is 0 Å². The summed E-state index contributed by atoms with van der Waals surface area (Å²) in [4.78, 5) is 22.7. The van der Waals surface area contributed by atoms with Crippen molar-refractivity contribution in [1.82, 2.24) is 10.6 Å². The molecule has 0 saturated carbocycles. The Hall–Kier alpha value is -1.88. The van der Waals surface area contributed by atoms with Gasteiger partial charge in [-0.3, -0.25) is 10.1 Å². The lowest BCUT2D eigenvalue weighted by Crippen LogP contribution is -2.39. The molecule has 2 N–H and O–H groups in total. The highest BCUT2D eigenvalue weighted by Crippen LogP contribution is 2.22. The Morgan fingerprint density at radius 3 is 2.17 bits per heavy atom. The molecule has 0 bridgehead atoms. The summed E-state index contributed by atoms with van der Waals surface area (Å²) < 4.78 is 4.41. The first-order valence-corrected chi connectivity index (χ1v) is 8.03.